The predicted octanol–water partition coefficient (Wildman–Crippen LogP) is 6.30. The van der Waals surface area contributed by atoms with Gasteiger partial charge < -0.3 is 10.2 Å². The van der Waals surface area contributed by atoms with Crippen LogP contribution in [0.4, 0.5) is 0 Å². The maximum absolute atomic E-state index is 13.6. The summed E-state index contributed by atoms with van der Waals surface area (Å²) in [6, 6.07) is 24.9. The quantitative estimate of drug-likeness (QED) is 0.309. The first-order valence-electron chi connectivity index (χ1n) is 11.9. The number of hydrogen-bond acceptors (Lipinski definition) is 3. The molecule has 0 saturated heterocycles. The summed E-state index contributed by atoms with van der Waals surface area (Å²) in [6.07, 6.45) is 0.792. The van der Waals surface area contributed by atoms with Gasteiger partial charge in [0.05, 0.1) is 0 Å². The van der Waals surface area contributed by atoms with Crippen LogP contribution in [-0.4, -0.2) is 34.6 Å². The van der Waals surface area contributed by atoms with Crippen molar-refractivity contribution in [3.05, 3.63) is 101 Å². The Morgan fingerprint density at radius 1 is 0.943 bits per heavy atom. The van der Waals surface area contributed by atoms with Crippen molar-refractivity contribution in [2.75, 3.05) is 5.75 Å². The van der Waals surface area contributed by atoms with Gasteiger partial charge in [-0.3, -0.25) is 9.59 Å². The maximum Gasteiger partial charge on any atom is 0.243 e. The second-order valence-corrected chi connectivity index (χ2v) is 10.5. The molecule has 35 heavy (non-hydrogen) atoms. The summed E-state index contributed by atoms with van der Waals surface area (Å²) in [5.74, 6) is 0.458. The number of carbonyl (C=O) groups is 2. The molecule has 6 heteroatoms. The van der Waals surface area contributed by atoms with Gasteiger partial charge in [-0.15, -0.1) is 11.8 Å². The number of benzene rings is 3. The molecule has 0 unspecified atom stereocenters. The molecule has 0 bridgehead atoms. The minimum atomic E-state index is -0.604. The Labute approximate surface area is 218 Å². The summed E-state index contributed by atoms with van der Waals surface area (Å²) in [4.78, 5) is 29.8. The van der Waals surface area contributed by atoms with Crippen molar-refractivity contribution in [1.82, 2.24) is 10.2 Å². The highest BCUT2D eigenvalue weighted by molar-refractivity contribution is 7.99. The zero-order valence-electron chi connectivity index (χ0n) is 20.5. The first-order valence-corrected chi connectivity index (χ1v) is 13.3. The Hall–Kier alpha value is -2.76. The molecule has 3 aromatic rings. The molecule has 0 fully saturated rings. The van der Waals surface area contributed by atoms with Gasteiger partial charge in [-0.05, 0) is 61.7 Å². The zero-order valence-corrected chi connectivity index (χ0v) is 22.1. The van der Waals surface area contributed by atoms with Gasteiger partial charge in [-0.25, -0.2) is 0 Å². The molecular formula is C29H33ClN2O2S. The molecule has 1 N–H and O–H groups in total. The van der Waals surface area contributed by atoms with Gasteiger partial charge in [-0.2, -0.15) is 0 Å². The Bertz CT molecular complexity index is 1100. The van der Waals surface area contributed by atoms with Crippen LogP contribution in [0.15, 0.2) is 83.8 Å². The van der Waals surface area contributed by atoms with Crippen molar-refractivity contribution in [3.63, 3.8) is 0 Å². The smallest absolute Gasteiger partial charge is 0.243 e. The van der Waals surface area contributed by atoms with Crippen molar-refractivity contribution in [2.45, 2.75) is 57.1 Å². The number of halogens is 1. The lowest BCUT2D eigenvalue weighted by Crippen LogP contribution is -2.52. The predicted molar refractivity (Wildman–Crippen MR) is 146 cm³/mol. The highest BCUT2D eigenvalue weighted by Crippen LogP contribution is 2.23. The number of nitrogens with one attached hydrogen (secondary N) is 1. The van der Waals surface area contributed by atoms with Crippen LogP contribution in [0.5, 0.6) is 0 Å². The Morgan fingerprint density at radius 2 is 1.60 bits per heavy atom. The SMILES string of the molecule is Cc1ccccc1CN(C(=O)CCSc1ccc(Cl)cc1)[C@H](Cc1ccccc1)C(=O)NC(C)C. The summed E-state index contributed by atoms with van der Waals surface area (Å²) >= 11 is 7.60. The Kier molecular flexibility index (Phi) is 10.2. The largest absolute Gasteiger partial charge is 0.352 e. The van der Waals surface area contributed by atoms with E-state index >= 15 is 0 Å². The molecule has 3 aromatic carbocycles. The van der Waals surface area contributed by atoms with Gasteiger partial charge in [0.2, 0.25) is 11.8 Å². The van der Waals surface area contributed by atoms with Crippen molar-refractivity contribution in [2.24, 2.45) is 0 Å². The lowest BCUT2D eigenvalue weighted by molar-refractivity contribution is -0.141. The molecule has 2 amide bonds. The van der Waals surface area contributed by atoms with Gasteiger partial charge in [-0.1, -0.05) is 66.2 Å². The number of nitrogens with zero attached hydrogens (tertiary/aromatic N) is 1. The number of rotatable bonds is 11. The van der Waals surface area contributed by atoms with Crippen LogP contribution in [0.1, 0.15) is 37.0 Å². The van der Waals surface area contributed by atoms with Crippen LogP contribution in [0, 0.1) is 6.92 Å². The van der Waals surface area contributed by atoms with E-state index in [-0.39, 0.29) is 17.9 Å². The normalized spacial score (nSPS) is 11.8. The number of carbonyl (C=O) groups excluding carboxylic acids is 2. The summed E-state index contributed by atoms with van der Waals surface area (Å²) in [6.45, 7) is 6.30. The van der Waals surface area contributed by atoms with E-state index in [1.165, 1.54) is 0 Å². The van der Waals surface area contributed by atoms with E-state index in [4.69, 9.17) is 11.6 Å². The van der Waals surface area contributed by atoms with Crippen LogP contribution >= 0.6 is 23.4 Å². The van der Waals surface area contributed by atoms with Crippen LogP contribution in [0.2, 0.25) is 5.02 Å². The fraction of sp³-hybridized carbons (Fsp3) is 0.310. The van der Waals surface area contributed by atoms with Crippen LogP contribution in [0.3, 0.4) is 0 Å². The average Bonchev–Trinajstić information content (AvgIpc) is 2.83. The summed E-state index contributed by atoms with van der Waals surface area (Å²) in [7, 11) is 0. The number of amides is 2. The van der Waals surface area contributed by atoms with E-state index in [0.29, 0.717) is 30.2 Å². The fourth-order valence-electron chi connectivity index (χ4n) is 3.84. The summed E-state index contributed by atoms with van der Waals surface area (Å²) in [5.41, 5.74) is 3.17. The molecule has 4 nitrogen and oxygen atoms in total. The summed E-state index contributed by atoms with van der Waals surface area (Å²) < 4.78 is 0. The van der Waals surface area contributed by atoms with E-state index in [9.17, 15) is 9.59 Å². The highest BCUT2D eigenvalue weighted by Gasteiger charge is 2.30. The number of aryl methyl sites for hydroxylation is 1. The Morgan fingerprint density at radius 3 is 2.26 bits per heavy atom. The lowest BCUT2D eigenvalue weighted by atomic mass is 10.0. The molecular weight excluding hydrogens is 476 g/mol. The first-order chi connectivity index (χ1) is 16.8. The zero-order chi connectivity index (χ0) is 25.2. The molecule has 0 aliphatic rings. The van der Waals surface area contributed by atoms with E-state index in [1.807, 2.05) is 99.6 Å². The molecule has 0 aromatic heterocycles. The molecule has 184 valence electrons. The standard InChI is InChI=1S/C29H33ClN2O2S/c1-21(2)31-29(34)27(19-23-10-5-4-6-11-23)32(20-24-12-8-7-9-22(24)3)28(33)17-18-35-26-15-13-25(30)14-16-26/h4-16,21,27H,17-20H2,1-3H3,(H,31,34)/t27-/m1/s1. The highest BCUT2D eigenvalue weighted by atomic mass is 35.5. The van der Waals surface area contributed by atoms with E-state index in [0.717, 1.165) is 21.6 Å². The van der Waals surface area contributed by atoms with Crippen molar-refractivity contribution < 1.29 is 9.59 Å². The maximum atomic E-state index is 13.6. The van der Waals surface area contributed by atoms with Gasteiger partial charge >= 0.3 is 0 Å². The first kappa shape index (κ1) is 26.8. The third kappa shape index (κ3) is 8.44. The monoisotopic (exact) mass is 508 g/mol. The minimum Gasteiger partial charge on any atom is -0.352 e. The van der Waals surface area contributed by atoms with Crippen molar-refractivity contribution >= 4 is 35.2 Å². The molecule has 0 aliphatic carbocycles. The molecule has 1 atom stereocenters. The van der Waals surface area contributed by atoms with Gasteiger partial charge in [0.1, 0.15) is 6.04 Å². The van der Waals surface area contributed by atoms with Crippen LogP contribution < -0.4 is 5.32 Å². The lowest BCUT2D eigenvalue weighted by Gasteiger charge is -2.32. The molecule has 0 aliphatic heterocycles. The van der Waals surface area contributed by atoms with Crippen LogP contribution in [-0.2, 0) is 22.6 Å². The second kappa shape index (κ2) is 13.4. The van der Waals surface area contributed by atoms with E-state index in [2.05, 4.69) is 5.32 Å². The van der Waals surface area contributed by atoms with Gasteiger partial charge in [0, 0.05) is 41.1 Å². The second-order valence-electron chi connectivity index (χ2n) is 8.87. The molecule has 0 radical (unpaired) electrons. The molecule has 0 spiro atoms. The average molecular weight is 509 g/mol. The number of hydrogen-bond donors (Lipinski definition) is 1. The molecule has 0 heterocycles. The van der Waals surface area contributed by atoms with E-state index < -0.39 is 6.04 Å². The summed E-state index contributed by atoms with van der Waals surface area (Å²) in [5, 5.41) is 3.73. The Balaban J connectivity index is 1.85. The van der Waals surface area contributed by atoms with E-state index in [1.54, 1.807) is 16.7 Å². The fourth-order valence-corrected chi connectivity index (χ4v) is 4.80. The molecule has 3 rings (SSSR count). The van der Waals surface area contributed by atoms with Crippen molar-refractivity contribution in [1.29, 1.82) is 0 Å². The topological polar surface area (TPSA) is 49.4 Å². The molecule has 0 saturated carbocycles. The minimum absolute atomic E-state index is 0.0170. The third-order valence-electron chi connectivity index (χ3n) is 5.70. The third-order valence-corrected chi connectivity index (χ3v) is 6.97. The van der Waals surface area contributed by atoms with Gasteiger partial charge in [0.15, 0.2) is 0 Å². The van der Waals surface area contributed by atoms with Gasteiger partial charge in [0.25, 0.3) is 0 Å². The van der Waals surface area contributed by atoms with Crippen LogP contribution in [0.25, 0.3) is 0 Å². The number of thioether (sulfide) groups is 1. The van der Waals surface area contributed by atoms with Crippen molar-refractivity contribution in [3.8, 4) is 0 Å².